The van der Waals surface area contributed by atoms with Crippen molar-refractivity contribution in [2.24, 2.45) is 0 Å². The number of halogens is 1. The highest BCUT2D eigenvalue weighted by Crippen LogP contribution is 2.28. The molecule has 5 heteroatoms. The maximum absolute atomic E-state index is 6.09. The molecule has 0 saturated heterocycles. The van der Waals surface area contributed by atoms with Crippen LogP contribution in [0.4, 0.5) is 0 Å². The maximum Gasteiger partial charge on any atom is 0.130 e. The van der Waals surface area contributed by atoms with Crippen molar-refractivity contribution >= 4 is 11.6 Å². The Labute approximate surface area is 131 Å². The number of hydrogen-bond donors (Lipinski definition) is 1. The third-order valence-electron chi connectivity index (χ3n) is 3.53. The van der Waals surface area contributed by atoms with Crippen LogP contribution in [-0.2, 0) is 13.2 Å². The average molecular weight is 308 g/mol. The summed E-state index contributed by atoms with van der Waals surface area (Å²) in [6, 6.07) is 7.95. The second-order valence-electron chi connectivity index (χ2n) is 5.07. The molecular formula is C16H22ClN3O. The lowest BCUT2D eigenvalue weighted by atomic mass is 10.1. The highest BCUT2D eigenvalue weighted by molar-refractivity contribution is 6.30. The van der Waals surface area contributed by atoms with Gasteiger partial charge in [0.25, 0.3) is 0 Å². The molecule has 0 spiro atoms. The van der Waals surface area contributed by atoms with Gasteiger partial charge in [0.1, 0.15) is 12.4 Å². The first kappa shape index (κ1) is 15.9. The largest absolute Gasteiger partial charge is 0.487 e. The van der Waals surface area contributed by atoms with Crippen LogP contribution in [0.2, 0.25) is 5.02 Å². The van der Waals surface area contributed by atoms with E-state index in [9.17, 15) is 0 Å². The lowest BCUT2D eigenvalue weighted by molar-refractivity contribution is 0.287. The maximum atomic E-state index is 6.09. The minimum atomic E-state index is 0.177. The van der Waals surface area contributed by atoms with Crippen molar-refractivity contribution in [3.63, 3.8) is 0 Å². The molecule has 1 N–H and O–H groups in total. The van der Waals surface area contributed by atoms with Crippen LogP contribution in [0.25, 0.3) is 0 Å². The van der Waals surface area contributed by atoms with Gasteiger partial charge < -0.3 is 10.1 Å². The zero-order valence-electron chi connectivity index (χ0n) is 13.0. The molecule has 0 saturated carbocycles. The number of aryl methyl sites for hydroxylation is 2. The number of aromatic nitrogens is 2. The van der Waals surface area contributed by atoms with Crippen LogP contribution < -0.4 is 10.1 Å². The molecule has 2 aromatic rings. The summed E-state index contributed by atoms with van der Waals surface area (Å²) in [5.74, 6) is 0.850. The summed E-state index contributed by atoms with van der Waals surface area (Å²) in [6.45, 7) is 7.49. The molecule has 1 aromatic carbocycles. The van der Waals surface area contributed by atoms with Crippen LogP contribution >= 0.6 is 11.6 Å². The fourth-order valence-electron chi connectivity index (χ4n) is 2.29. The molecule has 0 aliphatic rings. The summed E-state index contributed by atoms with van der Waals surface area (Å²) in [6.07, 6.45) is 0. The molecule has 0 aliphatic heterocycles. The standard InChI is InChI=1S/C16H22ClN3O/c1-5-20-14(8-11(2)19-20)10-21-16-7-6-13(17)9-15(16)12(3)18-4/h6-9,12,18H,5,10H2,1-4H3. The van der Waals surface area contributed by atoms with E-state index >= 15 is 0 Å². The minimum Gasteiger partial charge on any atom is -0.487 e. The van der Waals surface area contributed by atoms with Gasteiger partial charge in [0.15, 0.2) is 0 Å². The Morgan fingerprint density at radius 3 is 2.81 bits per heavy atom. The summed E-state index contributed by atoms with van der Waals surface area (Å²) in [7, 11) is 1.92. The molecular weight excluding hydrogens is 286 g/mol. The van der Waals surface area contributed by atoms with Gasteiger partial charge in [0, 0.05) is 23.2 Å². The Morgan fingerprint density at radius 2 is 2.14 bits per heavy atom. The van der Waals surface area contributed by atoms with Crippen LogP contribution in [-0.4, -0.2) is 16.8 Å². The number of nitrogens with zero attached hydrogens (tertiary/aromatic N) is 2. The van der Waals surface area contributed by atoms with Gasteiger partial charge >= 0.3 is 0 Å². The van der Waals surface area contributed by atoms with Crippen molar-refractivity contribution in [1.82, 2.24) is 15.1 Å². The topological polar surface area (TPSA) is 39.1 Å². The fraction of sp³-hybridized carbons (Fsp3) is 0.438. The van der Waals surface area contributed by atoms with E-state index in [1.165, 1.54) is 0 Å². The SMILES string of the molecule is CCn1nc(C)cc1COc1ccc(Cl)cc1C(C)NC. The van der Waals surface area contributed by atoms with Crippen molar-refractivity contribution in [2.45, 2.75) is 40.0 Å². The molecule has 0 fully saturated rings. The van der Waals surface area contributed by atoms with Gasteiger partial charge in [0.2, 0.25) is 0 Å². The van der Waals surface area contributed by atoms with E-state index in [1.54, 1.807) is 0 Å². The Hall–Kier alpha value is -1.52. The van der Waals surface area contributed by atoms with Gasteiger partial charge in [-0.3, -0.25) is 4.68 Å². The Morgan fingerprint density at radius 1 is 1.38 bits per heavy atom. The summed E-state index contributed by atoms with van der Waals surface area (Å²) < 4.78 is 7.96. The third-order valence-corrected chi connectivity index (χ3v) is 3.77. The van der Waals surface area contributed by atoms with E-state index < -0.39 is 0 Å². The summed E-state index contributed by atoms with van der Waals surface area (Å²) in [4.78, 5) is 0. The van der Waals surface area contributed by atoms with Gasteiger partial charge in [-0.25, -0.2) is 0 Å². The fourth-order valence-corrected chi connectivity index (χ4v) is 2.47. The zero-order chi connectivity index (χ0) is 15.4. The Kier molecular flexibility index (Phi) is 5.26. The summed E-state index contributed by atoms with van der Waals surface area (Å²) in [5, 5.41) is 8.37. The number of benzene rings is 1. The number of ether oxygens (including phenoxy) is 1. The van der Waals surface area contributed by atoms with Crippen LogP contribution in [0.15, 0.2) is 24.3 Å². The van der Waals surface area contributed by atoms with Crippen molar-refractivity contribution in [1.29, 1.82) is 0 Å². The Bertz CT molecular complexity index is 610. The molecule has 0 radical (unpaired) electrons. The van der Waals surface area contributed by atoms with Gasteiger partial charge in [-0.15, -0.1) is 0 Å². The van der Waals surface area contributed by atoms with E-state index in [2.05, 4.69) is 30.3 Å². The van der Waals surface area contributed by atoms with E-state index in [0.717, 1.165) is 29.2 Å². The van der Waals surface area contributed by atoms with Gasteiger partial charge in [-0.05, 0) is 52.1 Å². The summed E-state index contributed by atoms with van der Waals surface area (Å²) in [5.41, 5.74) is 3.15. The van der Waals surface area contributed by atoms with Crippen molar-refractivity contribution in [2.75, 3.05) is 7.05 Å². The predicted molar refractivity (Wildman–Crippen MR) is 85.9 cm³/mol. The molecule has 0 bridgehead atoms. The van der Waals surface area contributed by atoms with Crippen molar-refractivity contribution < 1.29 is 4.74 Å². The first-order valence-corrected chi connectivity index (χ1v) is 7.55. The van der Waals surface area contributed by atoms with Gasteiger partial charge in [-0.2, -0.15) is 5.10 Å². The molecule has 1 heterocycles. The van der Waals surface area contributed by atoms with Crippen LogP contribution in [0.1, 0.15) is 36.8 Å². The molecule has 114 valence electrons. The predicted octanol–water partition coefficient (Wildman–Crippen LogP) is 3.72. The smallest absolute Gasteiger partial charge is 0.130 e. The van der Waals surface area contributed by atoms with Crippen molar-refractivity contribution in [3.8, 4) is 5.75 Å². The van der Waals surface area contributed by atoms with E-state index in [0.29, 0.717) is 11.6 Å². The van der Waals surface area contributed by atoms with Crippen LogP contribution in [0.3, 0.4) is 0 Å². The zero-order valence-corrected chi connectivity index (χ0v) is 13.7. The second-order valence-corrected chi connectivity index (χ2v) is 5.51. The third kappa shape index (κ3) is 3.77. The minimum absolute atomic E-state index is 0.177. The summed E-state index contributed by atoms with van der Waals surface area (Å²) >= 11 is 6.09. The van der Waals surface area contributed by atoms with Crippen LogP contribution in [0.5, 0.6) is 5.75 Å². The first-order valence-electron chi connectivity index (χ1n) is 7.18. The lowest BCUT2D eigenvalue weighted by Crippen LogP contribution is -2.14. The molecule has 1 atom stereocenters. The first-order chi connectivity index (χ1) is 10.0. The highest BCUT2D eigenvalue weighted by atomic mass is 35.5. The molecule has 0 amide bonds. The Balaban J connectivity index is 2.19. The normalized spacial score (nSPS) is 12.4. The quantitative estimate of drug-likeness (QED) is 0.884. The second kappa shape index (κ2) is 6.96. The van der Waals surface area contributed by atoms with E-state index in [1.807, 2.05) is 36.9 Å². The average Bonchev–Trinajstić information content (AvgIpc) is 2.85. The molecule has 21 heavy (non-hydrogen) atoms. The number of rotatable bonds is 6. The van der Waals surface area contributed by atoms with Gasteiger partial charge in [0.05, 0.1) is 11.4 Å². The van der Waals surface area contributed by atoms with E-state index in [4.69, 9.17) is 16.3 Å². The van der Waals surface area contributed by atoms with Crippen molar-refractivity contribution in [3.05, 3.63) is 46.2 Å². The van der Waals surface area contributed by atoms with Crippen LogP contribution in [0, 0.1) is 6.92 Å². The molecule has 0 aliphatic carbocycles. The number of hydrogen-bond acceptors (Lipinski definition) is 3. The van der Waals surface area contributed by atoms with Gasteiger partial charge in [-0.1, -0.05) is 11.6 Å². The molecule has 1 unspecified atom stereocenters. The molecule has 2 rings (SSSR count). The lowest BCUT2D eigenvalue weighted by Gasteiger charge is -2.17. The molecule has 4 nitrogen and oxygen atoms in total. The van der Waals surface area contributed by atoms with E-state index in [-0.39, 0.29) is 6.04 Å². The highest BCUT2D eigenvalue weighted by Gasteiger charge is 2.12. The monoisotopic (exact) mass is 307 g/mol. The molecule has 1 aromatic heterocycles. The number of nitrogens with one attached hydrogen (secondary N) is 1.